The number of nitrogens with one attached hydrogen (secondary N) is 1. The zero-order valence-electron chi connectivity index (χ0n) is 19.9. The second kappa shape index (κ2) is 9.55. The van der Waals surface area contributed by atoms with Crippen molar-refractivity contribution in [2.24, 2.45) is 0 Å². The molecule has 2 N–H and O–H groups in total. The molecule has 6 heteroatoms. The van der Waals surface area contributed by atoms with Crippen LogP contribution in [0.4, 0.5) is 4.79 Å². The van der Waals surface area contributed by atoms with Crippen LogP contribution >= 0.6 is 0 Å². The predicted molar refractivity (Wildman–Crippen MR) is 134 cm³/mol. The lowest BCUT2D eigenvalue weighted by Gasteiger charge is -2.39. The number of alkyl carbamates (subject to hydrolysis) is 1. The molecule has 1 aliphatic heterocycles. The molecule has 0 saturated carbocycles. The maximum absolute atomic E-state index is 12.8. The van der Waals surface area contributed by atoms with Gasteiger partial charge in [0.05, 0.1) is 0 Å². The predicted octanol–water partition coefficient (Wildman–Crippen LogP) is 4.95. The van der Waals surface area contributed by atoms with E-state index in [9.17, 15) is 14.7 Å². The standard InChI is InChI=1S/C29H30N2O4/c1-20-7-6-8-21(17-20)18-31-15-13-29(14-16-31,27(32)33)30-28(34)35-19-26-24-11-4-2-9-22(24)23-10-3-5-12-25(23)26/h2-12,17,26H,13-16,18-19H2,1H3,(H,30,34)(H,32,33). The van der Waals surface area contributed by atoms with E-state index in [-0.39, 0.29) is 12.5 Å². The SMILES string of the molecule is Cc1cccc(CN2CCC(NC(=O)OCC3c4ccccc4-c4ccccc43)(C(=O)O)CC2)c1. The van der Waals surface area contributed by atoms with E-state index >= 15 is 0 Å². The summed E-state index contributed by atoms with van der Waals surface area (Å²) in [4.78, 5) is 27.3. The van der Waals surface area contributed by atoms with Gasteiger partial charge in [0.2, 0.25) is 0 Å². The van der Waals surface area contributed by atoms with E-state index in [4.69, 9.17) is 4.74 Å². The fraction of sp³-hybridized carbons (Fsp3) is 0.310. The topological polar surface area (TPSA) is 78.9 Å². The molecule has 35 heavy (non-hydrogen) atoms. The van der Waals surface area contributed by atoms with Crippen LogP contribution in [0, 0.1) is 6.92 Å². The summed E-state index contributed by atoms with van der Waals surface area (Å²) in [5.41, 5.74) is 5.65. The van der Waals surface area contributed by atoms with Crippen molar-refractivity contribution in [2.75, 3.05) is 19.7 Å². The first-order chi connectivity index (χ1) is 16.9. The maximum Gasteiger partial charge on any atom is 0.408 e. The quantitative estimate of drug-likeness (QED) is 0.533. The highest BCUT2D eigenvalue weighted by molar-refractivity contribution is 5.85. The number of carboxylic acids is 1. The zero-order valence-corrected chi connectivity index (χ0v) is 19.9. The highest BCUT2D eigenvalue weighted by Crippen LogP contribution is 2.44. The smallest absolute Gasteiger partial charge is 0.408 e. The van der Waals surface area contributed by atoms with E-state index in [0.29, 0.717) is 25.9 Å². The number of hydrogen-bond donors (Lipinski definition) is 2. The van der Waals surface area contributed by atoms with Crippen LogP contribution in [0.5, 0.6) is 0 Å². The summed E-state index contributed by atoms with van der Waals surface area (Å²) in [6.45, 7) is 4.17. The van der Waals surface area contributed by atoms with Crippen molar-refractivity contribution in [2.45, 2.75) is 37.8 Å². The third-order valence-electron chi connectivity index (χ3n) is 7.29. The first-order valence-corrected chi connectivity index (χ1v) is 12.1. The Hall–Kier alpha value is -3.64. The van der Waals surface area contributed by atoms with E-state index in [1.54, 1.807) is 0 Å². The number of fused-ring (bicyclic) bond motifs is 3. The Morgan fingerprint density at radius 2 is 1.60 bits per heavy atom. The van der Waals surface area contributed by atoms with E-state index in [2.05, 4.69) is 59.6 Å². The van der Waals surface area contributed by atoms with E-state index in [1.165, 1.54) is 11.1 Å². The largest absolute Gasteiger partial charge is 0.480 e. The highest BCUT2D eigenvalue weighted by atomic mass is 16.5. The minimum Gasteiger partial charge on any atom is -0.480 e. The molecule has 1 amide bonds. The van der Waals surface area contributed by atoms with Gasteiger partial charge in [-0.3, -0.25) is 4.90 Å². The molecule has 1 aliphatic carbocycles. The summed E-state index contributed by atoms with van der Waals surface area (Å²) in [5.74, 6) is -1.08. The van der Waals surface area contributed by atoms with Gasteiger partial charge in [-0.05, 0) is 47.6 Å². The van der Waals surface area contributed by atoms with Gasteiger partial charge in [0.15, 0.2) is 0 Å². The molecule has 0 bridgehead atoms. The number of carbonyl (C=O) groups is 2. The lowest BCUT2D eigenvalue weighted by molar-refractivity contribution is -0.147. The number of carboxylic acid groups (broad SMARTS) is 1. The van der Waals surface area contributed by atoms with Crippen LogP contribution in [0.2, 0.25) is 0 Å². The molecular weight excluding hydrogens is 440 g/mol. The Labute approximate surface area is 205 Å². The summed E-state index contributed by atoms with van der Waals surface area (Å²) in [5, 5.41) is 12.7. The summed E-state index contributed by atoms with van der Waals surface area (Å²) in [7, 11) is 0. The molecule has 0 radical (unpaired) electrons. The van der Waals surface area contributed by atoms with Gasteiger partial charge in [0, 0.05) is 25.6 Å². The molecule has 1 fully saturated rings. The number of carbonyl (C=O) groups excluding carboxylic acids is 1. The van der Waals surface area contributed by atoms with Crippen molar-refractivity contribution in [3.63, 3.8) is 0 Å². The van der Waals surface area contributed by atoms with Crippen LogP contribution in [0.1, 0.15) is 41.0 Å². The minimum atomic E-state index is -1.31. The molecular formula is C29H30N2O4. The molecule has 1 heterocycles. The van der Waals surface area contributed by atoms with Crippen molar-refractivity contribution in [1.29, 1.82) is 0 Å². The van der Waals surface area contributed by atoms with Crippen molar-refractivity contribution in [3.05, 3.63) is 95.1 Å². The molecule has 1 saturated heterocycles. The molecule has 0 spiro atoms. The average Bonchev–Trinajstić information content (AvgIpc) is 3.18. The van der Waals surface area contributed by atoms with Crippen LogP contribution in [0.25, 0.3) is 11.1 Å². The lowest BCUT2D eigenvalue weighted by atomic mass is 9.87. The number of aliphatic carboxylic acids is 1. The van der Waals surface area contributed by atoms with Gasteiger partial charge in [0.25, 0.3) is 0 Å². The molecule has 0 atom stereocenters. The second-order valence-corrected chi connectivity index (χ2v) is 9.60. The van der Waals surface area contributed by atoms with Crippen LogP contribution in [-0.2, 0) is 16.1 Å². The first-order valence-electron chi connectivity index (χ1n) is 12.1. The van der Waals surface area contributed by atoms with Crippen LogP contribution in [0.15, 0.2) is 72.8 Å². The van der Waals surface area contributed by atoms with E-state index in [0.717, 1.165) is 28.8 Å². The Kier molecular flexibility index (Phi) is 6.31. The third-order valence-corrected chi connectivity index (χ3v) is 7.29. The van der Waals surface area contributed by atoms with Gasteiger partial charge in [0.1, 0.15) is 12.1 Å². The third kappa shape index (κ3) is 4.66. The number of aryl methyl sites for hydroxylation is 1. The fourth-order valence-corrected chi connectivity index (χ4v) is 5.38. The average molecular weight is 471 g/mol. The molecule has 6 nitrogen and oxygen atoms in total. The zero-order chi connectivity index (χ0) is 24.4. The summed E-state index contributed by atoms with van der Waals surface area (Å²) >= 11 is 0. The molecule has 3 aromatic rings. The number of hydrogen-bond acceptors (Lipinski definition) is 4. The number of ether oxygens (including phenoxy) is 1. The maximum atomic E-state index is 12.8. The molecule has 3 aromatic carbocycles. The Bertz CT molecular complexity index is 1200. The van der Waals surface area contributed by atoms with Crippen molar-refractivity contribution >= 4 is 12.1 Å². The molecule has 5 rings (SSSR count). The highest BCUT2D eigenvalue weighted by Gasteiger charge is 2.43. The molecule has 180 valence electrons. The summed E-state index contributed by atoms with van der Waals surface area (Å²) in [6.07, 6.45) is -0.0159. The van der Waals surface area contributed by atoms with E-state index < -0.39 is 17.6 Å². The minimum absolute atomic E-state index is 0.0647. The normalized spacial score (nSPS) is 16.8. The van der Waals surface area contributed by atoms with Crippen LogP contribution < -0.4 is 5.32 Å². The van der Waals surface area contributed by atoms with Gasteiger partial charge in [-0.2, -0.15) is 0 Å². The van der Waals surface area contributed by atoms with Crippen molar-refractivity contribution in [3.8, 4) is 11.1 Å². The summed E-state index contributed by atoms with van der Waals surface area (Å²) in [6, 6.07) is 24.6. The summed E-state index contributed by atoms with van der Waals surface area (Å²) < 4.78 is 5.63. The van der Waals surface area contributed by atoms with Crippen molar-refractivity contribution < 1.29 is 19.4 Å². The monoisotopic (exact) mass is 470 g/mol. The number of piperidine rings is 1. The number of likely N-dealkylation sites (tertiary alicyclic amines) is 1. The van der Waals surface area contributed by atoms with Gasteiger partial charge >= 0.3 is 12.1 Å². The number of benzene rings is 3. The Morgan fingerprint density at radius 1 is 0.971 bits per heavy atom. The molecule has 2 aliphatic rings. The second-order valence-electron chi connectivity index (χ2n) is 9.60. The van der Waals surface area contributed by atoms with Gasteiger partial charge in [-0.15, -0.1) is 0 Å². The first kappa shape index (κ1) is 23.1. The van der Waals surface area contributed by atoms with Gasteiger partial charge < -0.3 is 15.2 Å². The van der Waals surface area contributed by atoms with Crippen LogP contribution in [0.3, 0.4) is 0 Å². The van der Waals surface area contributed by atoms with Crippen LogP contribution in [-0.4, -0.2) is 47.3 Å². The Morgan fingerprint density at radius 3 is 2.20 bits per heavy atom. The fourth-order valence-electron chi connectivity index (χ4n) is 5.38. The van der Waals surface area contributed by atoms with Gasteiger partial charge in [-0.25, -0.2) is 9.59 Å². The van der Waals surface area contributed by atoms with Gasteiger partial charge in [-0.1, -0.05) is 78.4 Å². The number of amides is 1. The molecule has 0 aromatic heterocycles. The number of nitrogens with zero attached hydrogens (tertiary/aromatic N) is 1. The molecule has 0 unspecified atom stereocenters. The van der Waals surface area contributed by atoms with E-state index in [1.807, 2.05) is 30.3 Å². The number of rotatable bonds is 6. The van der Waals surface area contributed by atoms with Crippen molar-refractivity contribution in [1.82, 2.24) is 10.2 Å². The Balaban J connectivity index is 1.22. The lowest BCUT2D eigenvalue weighted by Crippen LogP contribution is -2.60.